The largest absolute Gasteiger partial charge is 0.507 e. The lowest BCUT2D eigenvalue weighted by atomic mass is 9.87. The van der Waals surface area contributed by atoms with Crippen molar-refractivity contribution < 1.29 is 14.6 Å². The number of phenols is 2. The van der Waals surface area contributed by atoms with Crippen molar-refractivity contribution in [1.82, 2.24) is 0 Å². The van der Waals surface area contributed by atoms with E-state index in [9.17, 15) is 15.0 Å². The highest BCUT2D eigenvalue weighted by atomic mass is 16.3. The van der Waals surface area contributed by atoms with Crippen LogP contribution in [0.25, 0.3) is 33.1 Å². The quantitative estimate of drug-likeness (QED) is 0.314. The summed E-state index contributed by atoms with van der Waals surface area (Å²) in [5.74, 6) is -0.442. The van der Waals surface area contributed by atoms with Crippen LogP contribution in [-0.2, 0) is 0 Å². The van der Waals surface area contributed by atoms with E-state index in [0.29, 0.717) is 11.2 Å². The van der Waals surface area contributed by atoms with Crippen molar-refractivity contribution in [2.45, 2.75) is 19.8 Å². The number of rotatable bonds is 1. The molecule has 0 amide bonds. The molecule has 1 heterocycles. The minimum atomic E-state index is -0.436. The van der Waals surface area contributed by atoms with E-state index in [1.54, 1.807) is 18.2 Å². The maximum absolute atomic E-state index is 13.4. The number of aromatic hydroxyl groups is 2. The summed E-state index contributed by atoms with van der Waals surface area (Å²) in [7, 11) is 0. The lowest BCUT2D eigenvalue weighted by molar-refractivity contribution is 0.478. The third-order valence-corrected chi connectivity index (χ3v) is 6.48. The van der Waals surface area contributed by atoms with Gasteiger partial charge in [0.15, 0.2) is 0 Å². The number of hydrogen-bond donors (Lipinski definition) is 2. The van der Waals surface area contributed by atoms with Crippen molar-refractivity contribution in [2.24, 2.45) is 0 Å². The van der Waals surface area contributed by atoms with Gasteiger partial charge >= 0.3 is 0 Å². The maximum Gasteiger partial charge on any atom is 0.208 e. The Bertz CT molecular complexity index is 1620. The zero-order valence-electron chi connectivity index (χ0n) is 17.6. The van der Waals surface area contributed by atoms with Gasteiger partial charge in [0.1, 0.15) is 33.4 Å². The summed E-state index contributed by atoms with van der Waals surface area (Å²) in [4.78, 5) is 13.4. The second-order valence-electron chi connectivity index (χ2n) is 8.58. The molecule has 0 bridgehead atoms. The van der Waals surface area contributed by atoms with E-state index in [1.807, 2.05) is 0 Å². The van der Waals surface area contributed by atoms with E-state index in [-0.39, 0.29) is 28.2 Å². The SMILES string of the molecule is Cc1ccc(C2c3cc(C)ccc3-c3cc(O)c4c(=O)c5c(O)cccc5oc4c32)cc1. The number of benzene rings is 4. The Kier molecular flexibility index (Phi) is 3.78. The normalized spacial score (nSPS) is 14.6. The van der Waals surface area contributed by atoms with Gasteiger partial charge in [0.2, 0.25) is 5.43 Å². The van der Waals surface area contributed by atoms with Crippen LogP contribution in [0.3, 0.4) is 0 Å². The van der Waals surface area contributed by atoms with Gasteiger partial charge in [-0.2, -0.15) is 0 Å². The number of aryl methyl sites for hydroxylation is 2. The van der Waals surface area contributed by atoms with Gasteiger partial charge in [-0.15, -0.1) is 0 Å². The predicted molar refractivity (Wildman–Crippen MR) is 126 cm³/mol. The fourth-order valence-electron chi connectivity index (χ4n) is 4.99. The highest BCUT2D eigenvalue weighted by molar-refractivity contribution is 6.02. The molecule has 6 rings (SSSR count). The van der Waals surface area contributed by atoms with E-state index in [2.05, 4.69) is 56.3 Å². The second kappa shape index (κ2) is 6.47. The fraction of sp³-hybridized carbons (Fsp3) is 0.107. The highest BCUT2D eigenvalue weighted by Crippen LogP contribution is 2.52. The summed E-state index contributed by atoms with van der Waals surface area (Å²) >= 11 is 0. The van der Waals surface area contributed by atoms with E-state index in [4.69, 9.17) is 4.42 Å². The number of hydrogen-bond acceptors (Lipinski definition) is 4. The van der Waals surface area contributed by atoms with Crippen molar-refractivity contribution in [3.63, 3.8) is 0 Å². The van der Waals surface area contributed by atoms with Crippen LogP contribution < -0.4 is 5.43 Å². The summed E-state index contributed by atoms with van der Waals surface area (Å²) < 4.78 is 6.25. The molecule has 2 N–H and O–H groups in total. The molecule has 1 aromatic heterocycles. The van der Waals surface area contributed by atoms with Gasteiger partial charge in [-0.3, -0.25) is 4.79 Å². The van der Waals surface area contributed by atoms with Crippen molar-refractivity contribution in [2.75, 3.05) is 0 Å². The molecule has 5 aromatic rings. The molecule has 0 radical (unpaired) electrons. The highest BCUT2D eigenvalue weighted by Gasteiger charge is 2.35. The van der Waals surface area contributed by atoms with Gasteiger partial charge < -0.3 is 14.6 Å². The fourth-order valence-corrected chi connectivity index (χ4v) is 4.99. The van der Waals surface area contributed by atoms with E-state index in [1.165, 1.54) is 11.6 Å². The first-order chi connectivity index (χ1) is 15.4. The smallest absolute Gasteiger partial charge is 0.208 e. The Morgan fingerprint density at radius 1 is 0.781 bits per heavy atom. The monoisotopic (exact) mass is 420 g/mol. The summed E-state index contributed by atoms with van der Waals surface area (Å²) in [5.41, 5.74) is 7.48. The number of fused-ring (bicyclic) bond motifs is 6. The second-order valence-corrected chi connectivity index (χ2v) is 8.58. The lowest BCUT2D eigenvalue weighted by Gasteiger charge is -2.17. The molecular formula is C28H20O4. The molecule has 0 saturated carbocycles. The molecule has 4 nitrogen and oxygen atoms in total. The Morgan fingerprint density at radius 2 is 1.53 bits per heavy atom. The topological polar surface area (TPSA) is 70.7 Å². The lowest BCUT2D eigenvalue weighted by Crippen LogP contribution is -2.06. The first-order valence-electron chi connectivity index (χ1n) is 10.6. The summed E-state index contributed by atoms with van der Waals surface area (Å²) in [6, 6.07) is 21.0. The molecular weight excluding hydrogens is 400 g/mol. The van der Waals surface area contributed by atoms with Crippen molar-refractivity contribution in [1.29, 1.82) is 0 Å². The van der Waals surface area contributed by atoms with Crippen molar-refractivity contribution in [3.8, 4) is 22.6 Å². The molecule has 156 valence electrons. The molecule has 32 heavy (non-hydrogen) atoms. The molecule has 4 heteroatoms. The first kappa shape index (κ1) is 18.7. The van der Waals surface area contributed by atoms with Crippen molar-refractivity contribution in [3.05, 3.63) is 105 Å². The Balaban J connectivity index is 1.80. The summed E-state index contributed by atoms with van der Waals surface area (Å²) in [6.45, 7) is 4.11. The van der Waals surface area contributed by atoms with Crippen LogP contribution in [0.4, 0.5) is 0 Å². The zero-order chi connectivity index (χ0) is 22.1. The summed E-state index contributed by atoms with van der Waals surface area (Å²) in [5, 5.41) is 21.4. The van der Waals surface area contributed by atoms with E-state index in [0.717, 1.165) is 33.4 Å². The Hall–Kier alpha value is -4.05. The van der Waals surface area contributed by atoms with Gasteiger partial charge in [-0.25, -0.2) is 0 Å². The van der Waals surface area contributed by atoms with Gasteiger partial charge in [0, 0.05) is 11.5 Å². The zero-order valence-corrected chi connectivity index (χ0v) is 17.6. The predicted octanol–water partition coefficient (Wildman–Crippen LogP) is 6.13. The van der Waals surface area contributed by atoms with E-state index < -0.39 is 5.43 Å². The molecule has 4 aromatic carbocycles. The van der Waals surface area contributed by atoms with Crippen LogP contribution in [0, 0.1) is 13.8 Å². The van der Waals surface area contributed by atoms with Crippen LogP contribution in [0.5, 0.6) is 11.5 Å². The Labute approximate surface area is 184 Å². The number of phenolic OH excluding ortho intramolecular Hbond substituents is 2. The summed E-state index contributed by atoms with van der Waals surface area (Å²) in [6.07, 6.45) is 0. The average molecular weight is 420 g/mol. The van der Waals surface area contributed by atoms with Gasteiger partial charge in [0.25, 0.3) is 0 Å². The molecule has 1 unspecified atom stereocenters. The first-order valence-corrected chi connectivity index (χ1v) is 10.6. The molecule has 1 aliphatic carbocycles. The molecule has 0 spiro atoms. The minimum absolute atomic E-state index is 0.0773. The molecule has 0 fully saturated rings. The van der Waals surface area contributed by atoms with Gasteiger partial charge in [0.05, 0.1) is 0 Å². The van der Waals surface area contributed by atoms with Crippen LogP contribution in [-0.4, -0.2) is 10.2 Å². The molecule has 0 aliphatic heterocycles. The average Bonchev–Trinajstić information content (AvgIpc) is 3.07. The van der Waals surface area contributed by atoms with Gasteiger partial charge in [-0.1, -0.05) is 59.7 Å². The van der Waals surface area contributed by atoms with Gasteiger partial charge in [-0.05, 0) is 54.3 Å². The maximum atomic E-state index is 13.4. The Morgan fingerprint density at radius 3 is 2.31 bits per heavy atom. The third-order valence-electron chi connectivity index (χ3n) is 6.48. The minimum Gasteiger partial charge on any atom is -0.507 e. The van der Waals surface area contributed by atoms with E-state index >= 15 is 0 Å². The van der Waals surface area contributed by atoms with Crippen LogP contribution in [0.1, 0.15) is 33.7 Å². The van der Waals surface area contributed by atoms with Crippen molar-refractivity contribution >= 4 is 21.9 Å². The molecule has 0 saturated heterocycles. The van der Waals surface area contributed by atoms with Crippen LogP contribution in [0.2, 0.25) is 0 Å². The standard InChI is InChI=1S/C28H20O4/c1-14-6-9-16(10-7-14)23-18-12-15(2)8-11-17(18)19-13-21(30)26-27(31)25-20(29)4-3-5-22(25)32-28(26)24(19)23/h3-13,23,29-30H,1-2H3. The molecule has 1 atom stereocenters. The third kappa shape index (κ3) is 2.47. The van der Waals surface area contributed by atoms with Crippen LogP contribution in [0.15, 0.2) is 75.9 Å². The molecule has 1 aliphatic rings. The van der Waals surface area contributed by atoms with Crippen LogP contribution >= 0.6 is 0 Å².